The molecular formula is C25H34N6O4. The lowest BCUT2D eigenvalue weighted by atomic mass is 10.0. The molecule has 1 aliphatic heterocycles. The first-order valence-corrected chi connectivity index (χ1v) is 12.3. The van der Waals surface area contributed by atoms with Crippen molar-refractivity contribution in [1.29, 1.82) is 0 Å². The first-order chi connectivity index (χ1) is 16.9. The topological polar surface area (TPSA) is 117 Å². The number of ether oxygens (including phenoxy) is 1. The second-order valence-corrected chi connectivity index (χ2v) is 8.82. The Kier molecular flexibility index (Phi) is 7.51. The SMILES string of the molecule is CCCc1nn(C)c2c(=O)[nH]c(-c3cc(CC(O)N4CCN(CC)C(=O)C4)ccc3OCC)nc12. The summed E-state index contributed by atoms with van der Waals surface area (Å²) in [6.45, 7) is 8.48. The minimum atomic E-state index is -0.798. The lowest BCUT2D eigenvalue weighted by Gasteiger charge is -2.36. The zero-order valence-electron chi connectivity index (χ0n) is 20.9. The first kappa shape index (κ1) is 24.9. The van der Waals surface area contributed by atoms with Crippen LogP contribution in [-0.4, -0.2) is 79.6 Å². The molecule has 2 aromatic heterocycles. The van der Waals surface area contributed by atoms with E-state index in [1.165, 1.54) is 0 Å². The van der Waals surface area contributed by atoms with Gasteiger partial charge in [0.2, 0.25) is 5.91 Å². The smallest absolute Gasteiger partial charge is 0.277 e. The van der Waals surface area contributed by atoms with Gasteiger partial charge in [-0.1, -0.05) is 19.4 Å². The average Bonchev–Trinajstić information content (AvgIpc) is 3.15. The van der Waals surface area contributed by atoms with Gasteiger partial charge in [-0.05, 0) is 38.0 Å². The molecule has 1 atom stereocenters. The summed E-state index contributed by atoms with van der Waals surface area (Å²) in [5.74, 6) is 1.03. The highest BCUT2D eigenvalue weighted by molar-refractivity contribution is 5.80. The summed E-state index contributed by atoms with van der Waals surface area (Å²) >= 11 is 0. The molecule has 1 amide bonds. The third-order valence-electron chi connectivity index (χ3n) is 6.42. The molecule has 0 spiro atoms. The minimum absolute atomic E-state index is 0.0274. The number of hydrogen-bond acceptors (Lipinski definition) is 7. The minimum Gasteiger partial charge on any atom is -0.493 e. The molecule has 1 saturated heterocycles. The number of carbonyl (C=O) groups is 1. The molecule has 1 aromatic carbocycles. The van der Waals surface area contributed by atoms with Gasteiger partial charge in [-0.25, -0.2) is 4.98 Å². The highest BCUT2D eigenvalue weighted by Crippen LogP contribution is 2.30. The van der Waals surface area contributed by atoms with Crippen LogP contribution in [0.2, 0.25) is 0 Å². The maximum Gasteiger partial charge on any atom is 0.277 e. The zero-order valence-corrected chi connectivity index (χ0v) is 20.9. The van der Waals surface area contributed by atoms with E-state index in [2.05, 4.69) is 17.0 Å². The van der Waals surface area contributed by atoms with Crippen molar-refractivity contribution in [2.75, 3.05) is 32.8 Å². The Labute approximate surface area is 204 Å². The van der Waals surface area contributed by atoms with Crippen LogP contribution in [0, 0.1) is 0 Å². The van der Waals surface area contributed by atoms with Gasteiger partial charge in [-0.2, -0.15) is 5.10 Å². The summed E-state index contributed by atoms with van der Waals surface area (Å²) in [5.41, 5.74) is 3.06. The highest BCUT2D eigenvalue weighted by atomic mass is 16.5. The number of fused-ring (bicyclic) bond motifs is 1. The number of carbonyl (C=O) groups excluding carboxylic acids is 1. The number of piperazine rings is 1. The fraction of sp³-hybridized carbons (Fsp3) is 0.520. The quantitative estimate of drug-likeness (QED) is 0.477. The second kappa shape index (κ2) is 10.6. The van der Waals surface area contributed by atoms with Crippen molar-refractivity contribution in [2.45, 2.75) is 46.3 Å². The molecule has 10 nitrogen and oxygen atoms in total. The summed E-state index contributed by atoms with van der Waals surface area (Å²) < 4.78 is 7.41. The van der Waals surface area contributed by atoms with Crippen molar-refractivity contribution < 1.29 is 14.6 Å². The van der Waals surface area contributed by atoms with Gasteiger partial charge in [0.05, 0.1) is 24.4 Å². The van der Waals surface area contributed by atoms with E-state index in [0.717, 1.165) is 24.1 Å². The number of aliphatic hydroxyl groups excluding tert-OH is 1. The van der Waals surface area contributed by atoms with Crippen molar-refractivity contribution in [3.63, 3.8) is 0 Å². The number of aryl methyl sites for hydroxylation is 2. The number of aromatic amines is 1. The number of nitrogens with zero attached hydrogens (tertiary/aromatic N) is 5. The van der Waals surface area contributed by atoms with Gasteiger partial charge >= 0.3 is 0 Å². The number of rotatable bonds is 9. The molecule has 0 saturated carbocycles. The van der Waals surface area contributed by atoms with Crippen LogP contribution >= 0.6 is 0 Å². The molecule has 10 heteroatoms. The Morgan fingerprint density at radius 2 is 2.00 bits per heavy atom. The number of amides is 1. The fourth-order valence-corrected chi connectivity index (χ4v) is 4.61. The Morgan fingerprint density at radius 1 is 1.20 bits per heavy atom. The molecule has 1 fully saturated rings. The van der Waals surface area contributed by atoms with E-state index in [1.54, 1.807) is 21.5 Å². The summed E-state index contributed by atoms with van der Waals surface area (Å²) in [7, 11) is 1.75. The maximum absolute atomic E-state index is 13.0. The van der Waals surface area contributed by atoms with Crippen LogP contribution in [0.1, 0.15) is 38.4 Å². The predicted molar refractivity (Wildman–Crippen MR) is 133 cm³/mol. The van der Waals surface area contributed by atoms with Gasteiger partial charge in [0.15, 0.2) is 5.52 Å². The Bertz CT molecular complexity index is 1270. The number of H-pyrrole nitrogens is 1. The molecule has 188 valence electrons. The monoisotopic (exact) mass is 482 g/mol. The summed E-state index contributed by atoms with van der Waals surface area (Å²) in [6, 6.07) is 5.62. The van der Waals surface area contributed by atoms with Gasteiger partial charge < -0.3 is 19.7 Å². The van der Waals surface area contributed by atoms with E-state index in [1.807, 2.05) is 32.0 Å². The first-order valence-electron chi connectivity index (χ1n) is 12.3. The second-order valence-electron chi connectivity index (χ2n) is 8.82. The molecule has 0 aliphatic carbocycles. The molecule has 2 N–H and O–H groups in total. The molecule has 0 bridgehead atoms. The molecule has 3 aromatic rings. The van der Waals surface area contributed by atoms with Gasteiger partial charge in [0, 0.05) is 33.1 Å². The summed E-state index contributed by atoms with van der Waals surface area (Å²) in [4.78, 5) is 36.5. The third kappa shape index (κ3) is 5.08. The molecule has 1 unspecified atom stereocenters. The largest absolute Gasteiger partial charge is 0.493 e. The molecular weight excluding hydrogens is 448 g/mol. The zero-order chi connectivity index (χ0) is 25.1. The van der Waals surface area contributed by atoms with Crippen LogP contribution in [0.4, 0.5) is 0 Å². The molecule has 0 radical (unpaired) electrons. The molecule has 3 heterocycles. The number of likely N-dealkylation sites (N-methyl/N-ethyl adjacent to an activating group) is 1. The van der Waals surface area contributed by atoms with Crippen LogP contribution in [0.15, 0.2) is 23.0 Å². The van der Waals surface area contributed by atoms with Crippen molar-refractivity contribution in [2.24, 2.45) is 7.05 Å². The highest BCUT2D eigenvalue weighted by Gasteiger charge is 2.27. The van der Waals surface area contributed by atoms with Crippen LogP contribution < -0.4 is 10.3 Å². The molecule has 4 rings (SSSR count). The van der Waals surface area contributed by atoms with Crippen molar-refractivity contribution in [1.82, 2.24) is 29.5 Å². The number of benzene rings is 1. The van der Waals surface area contributed by atoms with Gasteiger partial charge in [-0.15, -0.1) is 0 Å². The summed E-state index contributed by atoms with van der Waals surface area (Å²) in [5, 5.41) is 15.4. The van der Waals surface area contributed by atoms with E-state index < -0.39 is 6.23 Å². The normalized spacial score (nSPS) is 15.7. The van der Waals surface area contributed by atoms with Gasteiger partial charge in [-0.3, -0.25) is 19.2 Å². The lowest BCUT2D eigenvalue weighted by Crippen LogP contribution is -2.53. The van der Waals surface area contributed by atoms with E-state index in [4.69, 9.17) is 9.72 Å². The number of aliphatic hydroxyl groups is 1. The number of nitrogens with one attached hydrogen (secondary N) is 1. The Morgan fingerprint density at radius 3 is 2.69 bits per heavy atom. The Hall–Kier alpha value is -3.24. The van der Waals surface area contributed by atoms with Crippen molar-refractivity contribution in [3.8, 4) is 17.1 Å². The molecule has 1 aliphatic rings. The molecule has 35 heavy (non-hydrogen) atoms. The summed E-state index contributed by atoms with van der Waals surface area (Å²) in [6.07, 6.45) is 1.15. The van der Waals surface area contributed by atoms with E-state index in [-0.39, 0.29) is 18.0 Å². The van der Waals surface area contributed by atoms with E-state index in [0.29, 0.717) is 60.8 Å². The fourth-order valence-electron chi connectivity index (χ4n) is 4.61. The average molecular weight is 483 g/mol. The lowest BCUT2D eigenvalue weighted by molar-refractivity contribution is -0.141. The third-order valence-corrected chi connectivity index (χ3v) is 6.42. The van der Waals surface area contributed by atoms with Crippen LogP contribution in [0.25, 0.3) is 22.4 Å². The van der Waals surface area contributed by atoms with Crippen molar-refractivity contribution in [3.05, 3.63) is 39.8 Å². The standard InChI is InChI=1S/C25H34N6O4/c1-5-8-18-22-23(29(4)28-18)25(34)27-24(26-22)17-13-16(9-10-19(17)35-7-3)14-20(32)31-12-11-30(6-2)21(33)15-31/h9-10,13,20,32H,5-8,11-12,14-15H2,1-4H3,(H,26,27,34). The Balaban J connectivity index is 1.67. The number of hydrogen-bond donors (Lipinski definition) is 2. The number of aromatic nitrogens is 4. The van der Waals surface area contributed by atoms with Crippen LogP contribution in [0.3, 0.4) is 0 Å². The van der Waals surface area contributed by atoms with Crippen molar-refractivity contribution >= 4 is 16.9 Å². The van der Waals surface area contributed by atoms with Gasteiger partial charge in [0.1, 0.15) is 23.3 Å². The van der Waals surface area contributed by atoms with Gasteiger partial charge in [0.25, 0.3) is 5.56 Å². The maximum atomic E-state index is 13.0. The van der Waals surface area contributed by atoms with Crippen LogP contribution in [-0.2, 0) is 24.7 Å². The van der Waals surface area contributed by atoms with Crippen LogP contribution in [0.5, 0.6) is 5.75 Å². The predicted octanol–water partition coefficient (Wildman–Crippen LogP) is 1.70. The van der Waals surface area contributed by atoms with E-state index >= 15 is 0 Å². The van der Waals surface area contributed by atoms with E-state index in [9.17, 15) is 14.7 Å².